The van der Waals surface area contributed by atoms with Gasteiger partial charge < -0.3 is 10.2 Å². The normalized spacial score (nSPS) is 13.8. The Labute approximate surface area is 174 Å². The summed E-state index contributed by atoms with van der Waals surface area (Å²) in [5.41, 5.74) is 3.17. The van der Waals surface area contributed by atoms with Crippen molar-refractivity contribution in [1.82, 2.24) is 24.8 Å². The molecule has 0 unspecified atom stereocenters. The van der Waals surface area contributed by atoms with E-state index in [2.05, 4.69) is 15.4 Å². The van der Waals surface area contributed by atoms with E-state index in [1.165, 1.54) is 6.20 Å². The second-order valence-electron chi connectivity index (χ2n) is 7.25. The van der Waals surface area contributed by atoms with Gasteiger partial charge in [0.15, 0.2) is 0 Å². The monoisotopic (exact) mass is 402 g/mol. The fourth-order valence-corrected chi connectivity index (χ4v) is 3.70. The highest BCUT2D eigenvalue weighted by Gasteiger charge is 2.22. The Bertz CT molecular complexity index is 1120. The Balaban J connectivity index is 1.65. The van der Waals surface area contributed by atoms with Crippen LogP contribution in [0.3, 0.4) is 0 Å². The molecule has 3 aromatic rings. The van der Waals surface area contributed by atoms with Crippen LogP contribution in [-0.2, 0) is 0 Å². The molecule has 2 amide bonds. The van der Waals surface area contributed by atoms with Gasteiger partial charge in [0.25, 0.3) is 11.8 Å². The van der Waals surface area contributed by atoms with Gasteiger partial charge >= 0.3 is 0 Å². The Kier molecular flexibility index (Phi) is 5.70. The van der Waals surface area contributed by atoms with Crippen LogP contribution in [0.25, 0.3) is 16.8 Å². The predicted octanol–water partition coefficient (Wildman–Crippen LogP) is 2.67. The van der Waals surface area contributed by atoms with Crippen molar-refractivity contribution in [3.8, 4) is 17.3 Å². The van der Waals surface area contributed by atoms with Crippen molar-refractivity contribution < 1.29 is 9.59 Å². The summed E-state index contributed by atoms with van der Waals surface area (Å²) in [6.45, 7) is 1.85. The third-order valence-corrected chi connectivity index (χ3v) is 5.24. The van der Waals surface area contributed by atoms with Gasteiger partial charge in [-0.15, -0.1) is 0 Å². The first-order chi connectivity index (χ1) is 14.7. The van der Waals surface area contributed by atoms with Crippen molar-refractivity contribution in [3.05, 3.63) is 54.0 Å². The number of aromatic nitrogens is 3. The molecule has 4 rings (SSSR count). The Hall–Kier alpha value is -3.73. The van der Waals surface area contributed by atoms with Gasteiger partial charge in [0.2, 0.25) is 0 Å². The number of hydrogen-bond acceptors (Lipinski definition) is 5. The van der Waals surface area contributed by atoms with Crippen LogP contribution < -0.4 is 5.32 Å². The summed E-state index contributed by atoms with van der Waals surface area (Å²) in [5, 5.41) is 15.8. The van der Waals surface area contributed by atoms with Crippen LogP contribution in [0.1, 0.15) is 46.4 Å². The quantitative estimate of drug-likeness (QED) is 0.661. The molecule has 8 heteroatoms. The van der Waals surface area contributed by atoms with E-state index in [-0.39, 0.29) is 24.8 Å². The summed E-state index contributed by atoms with van der Waals surface area (Å²) in [5.74, 6) is -0.279. The lowest BCUT2D eigenvalue weighted by molar-refractivity contribution is 0.0726. The molecule has 1 aliphatic rings. The second kappa shape index (κ2) is 8.74. The molecule has 152 valence electrons. The molecule has 0 saturated carbocycles. The molecular weight excluding hydrogens is 380 g/mol. The highest BCUT2D eigenvalue weighted by atomic mass is 16.2. The van der Waals surface area contributed by atoms with Crippen LogP contribution >= 0.6 is 0 Å². The maximum atomic E-state index is 13.0. The van der Waals surface area contributed by atoms with E-state index >= 15 is 0 Å². The van der Waals surface area contributed by atoms with Gasteiger partial charge in [-0.3, -0.25) is 14.6 Å². The number of rotatable bonds is 5. The van der Waals surface area contributed by atoms with Crippen molar-refractivity contribution in [2.24, 2.45) is 0 Å². The molecule has 3 aromatic heterocycles. The number of fused-ring (bicyclic) bond motifs is 1. The third-order valence-electron chi connectivity index (χ3n) is 5.24. The zero-order chi connectivity index (χ0) is 20.9. The molecule has 8 nitrogen and oxygen atoms in total. The van der Waals surface area contributed by atoms with Gasteiger partial charge in [-0.25, -0.2) is 4.52 Å². The molecule has 0 bridgehead atoms. The molecule has 1 N–H and O–H groups in total. The van der Waals surface area contributed by atoms with Crippen molar-refractivity contribution in [2.75, 3.05) is 19.6 Å². The zero-order valence-corrected chi connectivity index (χ0v) is 16.5. The number of piperidine rings is 1. The minimum atomic E-state index is -0.284. The van der Waals surface area contributed by atoms with Crippen molar-refractivity contribution in [2.45, 2.75) is 25.7 Å². The van der Waals surface area contributed by atoms with Gasteiger partial charge in [-0.05, 0) is 37.5 Å². The standard InChI is InChI=1S/C22H22N6O2/c23-8-5-9-25-21(29)17-12-16(13-24-14-17)19-6-4-7-20-18(15-26-28(19)20)22(30)27-10-2-1-3-11-27/h4,6-7,12-15H,1-3,5,9-11H2,(H,25,29). The number of carbonyl (C=O) groups is 2. The maximum absolute atomic E-state index is 13.0. The number of pyridine rings is 2. The Morgan fingerprint density at radius 1 is 1.13 bits per heavy atom. The van der Waals surface area contributed by atoms with E-state index in [1.807, 2.05) is 29.2 Å². The molecule has 0 aliphatic carbocycles. The minimum absolute atomic E-state index is 0.00518. The first-order valence-corrected chi connectivity index (χ1v) is 10.1. The summed E-state index contributed by atoms with van der Waals surface area (Å²) in [6, 6.07) is 9.35. The Morgan fingerprint density at radius 3 is 2.77 bits per heavy atom. The zero-order valence-electron chi connectivity index (χ0n) is 16.5. The maximum Gasteiger partial charge on any atom is 0.257 e. The smallest absolute Gasteiger partial charge is 0.257 e. The highest BCUT2D eigenvalue weighted by Crippen LogP contribution is 2.24. The summed E-state index contributed by atoms with van der Waals surface area (Å²) in [4.78, 5) is 31.4. The third kappa shape index (κ3) is 3.87. The number of nitrogens with one attached hydrogen (secondary N) is 1. The largest absolute Gasteiger partial charge is 0.351 e. The van der Waals surface area contributed by atoms with Gasteiger partial charge in [-0.1, -0.05) is 6.07 Å². The molecule has 0 radical (unpaired) electrons. The summed E-state index contributed by atoms with van der Waals surface area (Å²) < 4.78 is 1.71. The lowest BCUT2D eigenvalue weighted by Gasteiger charge is -2.26. The van der Waals surface area contributed by atoms with E-state index in [1.54, 1.807) is 23.0 Å². The highest BCUT2D eigenvalue weighted by molar-refractivity contribution is 6.01. The number of likely N-dealkylation sites (tertiary alicyclic amines) is 1. The SMILES string of the molecule is N#CCCNC(=O)c1cncc(-c2cccc3c(C(=O)N4CCCCC4)cnn23)c1. The second-order valence-corrected chi connectivity index (χ2v) is 7.25. The van der Waals surface area contributed by atoms with Crippen LogP contribution in [0, 0.1) is 11.3 Å². The molecule has 1 aliphatic heterocycles. The van der Waals surface area contributed by atoms with Gasteiger partial charge in [-0.2, -0.15) is 10.4 Å². The number of nitrogens with zero attached hydrogens (tertiary/aromatic N) is 5. The average molecular weight is 402 g/mol. The minimum Gasteiger partial charge on any atom is -0.351 e. The van der Waals surface area contributed by atoms with E-state index in [0.29, 0.717) is 16.7 Å². The van der Waals surface area contributed by atoms with Crippen LogP contribution in [-0.4, -0.2) is 50.9 Å². The molecular formula is C22H22N6O2. The van der Waals surface area contributed by atoms with Crippen molar-refractivity contribution >= 4 is 17.3 Å². The number of amides is 2. The lowest BCUT2D eigenvalue weighted by atomic mass is 10.1. The van der Waals surface area contributed by atoms with Gasteiger partial charge in [0, 0.05) is 37.6 Å². The van der Waals surface area contributed by atoms with Crippen LogP contribution in [0.2, 0.25) is 0 Å². The Morgan fingerprint density at radius 2 is 1.97 bits per heavy atom. The first-order valence-electron chi connectivity index (χ1n) is 10.1. The van der Waals surface area contributed by atoms with E-state index in [4.69, 9.17) is 5.26 Å². The molecule has 0 atom stereocenters. The number of hydrogen-bond donors (Lipinski definition) is 1. The fourth-order valence-electron chi connectivity index (χ4n) is 3.70. The average Bonchev–Trinajstić information content (AvgIpc) is 3.23. The molecule has 4 heterocycles. The van der Waals surface area contributed by atoms with Crippen LogP contribution in [0.15, 0.2) is 42.9 Å². The van der Waals surface area contributed by atoms with E-state index < -0.39 is 0 Å². The number of nitriles is 1. The molecule has 0 spiro atoms. The summed E-state index contributed by atoms with van der Waals surface area (Å²) in [6.07, 6.45) is 8.24. The van der Waals surface area contributed by atoms with Crippen LogP contribution in [0.4, 0.5) is 0 Å². The van der Waals surface area contributed by atoms with E-state index in [9.17, 15) is 9.59 Å². The topological polar surface area (TPSA) is 103 Å². The van der Waals surface area contributed by atoms with Crippen molar-refractivity contribution in [3.63, 3.8) is 0 Å². The molecule has 1 saturated heterocycles. The lowest BCUT2D eigenvalue weighted by Crippen LogP contribution is -2.35. The van der Waals surface area contributed by atoms with E-state index in [0.717, 1.165) is 43.6 Å². The number of carbonyl (C=O) groups excluding carboxylic acids is 2. The van der Waals surface area contributed by atoms with Gasteiger partial charge in [0.1, 0.15) is 0 Å². The summed E-state index contributed by atoms with van der Waals surface area (Å²) in [7, 11) is 0. The fraction of sp³-hybridized carbons (Fsp3) is 0.318. The molecule has 0 aromatic carbocycles. The first kappa shape index (κ1) is 19.6. The summed E-state index contributed by atoms with van der Waals surface area (Å²) >= 11 is 0. The van der Waals surface area contributed by atoms with Crippen molar-refractivity contribution in [1.29, 1.82) is 5.26 Å². The molecule has 1 fully saturated rings. The molecule has 30 heavy (non-hydrogen) atoms. The predicted molar refractivity (Wildman–Crippen MR) is 111 cm³/mol. The van der Waals surface area contributed by atoms with Crippen LogP contribution in [0.5, 0.6) is 0 Å². The van der Waals surface area contributed by atoms with Gasteiger partial charge in [0.05, 0.1) is 41.0 Å².